The van der Waals surface area contributed by atoms with E-state index in [-0.39, 0.29) is 12.1 Å². The van der Waals surface area contributed by atoms with Gasteiger partial charge in [-0.05, 0) is 6.92 Å². The van der Waals surface area contributed by atoms with Gasteiger partial charge in [0.2, 0.25) is 0 Å². The lowest BCUT2D eigenvalue weighted by Crippen LogP contribution is -2.57. The van der Waals surface area contributed by atoms with E-state index < -0.39 is 5.54 Å². The Hall–Kier alpha value is -0.870. The van der Waals surface area contributed by atoms with Gasteiger partial charge in [-0.3, -0.25) is 5.32 Å². The first-order valence-corrected chi connectivity index (χ1v) is 4.73. The molecule has 0 aliphatic carbocycles. The number of nitrogens with one attached hydrogen (secondary N) is 1. The van der Waals surface area contributed by atoms with E-state index in [1.807, 2.05) is 6.92 Å². The third kappa shape index (κ3) is 1.81. The van der Waals surface area contributed by atoms with Crippen LogP contribution in [0.25, 0.3) is 0 Å². The van der Waals surface area contributed by atoms with E-state index in [9.17, 15) is 4.79 Å². The van der Waals surface area contributed by atoms with Crippen LogP contribution >= 0.6 is 0 Å². The molecule has 1 aliphatic rings. The van der Waals surface area contributed by atoms with E-state index >= 15 is 0 Å². The molecular weight excluding hydrogens is 182 g/mol. The Morgan fingerprint density at radius 2 is 2.57 bits per heavy atom. The summed E-state index contributed by atoms with van der Waals surface area (Å²) in [6.45, 7) is 6.64. The minimum absolute atomic E-state index is 0.158. The molecule has 0 amide bonds. The average molecular weight is 199 g/mol. The van der Waals surface area contributed by atoms with Crippen molar-refractivity contribution in [2.45, 2.75) is 25.0 Å². The van der Waals surface area contributed by atoms with Gasteiger partial charge in [-0.2, -0.15) is 0 Å². The minimum atomic E-state index is -0.692. The molecule has 0 aromatic carbocycles. The third-order valence-electron chi connectivity index (χ3n) is 2.67. The Morgan fingerprint density at radius 3 is 3.00 bits per heavy atom. The standard InChI is InChI=1S/C10H17NO3/c1-4-6-11-10(9(12)13-3)5-7-14-8(10)2/h4,8,11H,1,5-7H2,2-3H3. The molecule has 0 aromatic rings. The molecule has 0 aromatic heterocycles. The zero-order valence-corrected chi connectivity index (χ0v) is 8.71. The molecule has 1 aliphatic heterocycles. The smallest absolute Gasteiger partial charge is 0.328 e. The van der Waals surface area contributed by atoms with Gasteiger partial charge < -0.3 is 9.47 Å². The molecular formula is C10H17NO3. The molecule has 2 atom stereocenters. The summed E-state index contributed by atoms with van der Waals surface area (Å²) in [6.07, 6.45) is 2.21. The monoisotopic (exact) mass is 199 g/mol. The van der Waals surface area contributed by atoms with E-state index in [4.69, 9.17) is 9.47 Å². The highest BCUT2D eigenvalue weighted by Crippen LogP contribution is 2.26. The second kappa shape index (κ2) is 4.57. The van der Waals surface area contributed by atoms with Gasteiger partial charge in [0, 0.05) is 19.6 Å². The molecule has 4 heteroatoms. The summed E-state index contributed by atoms with van der Waals surface area (Å²) < 4.78 is 10.2. The summed E-state index contributed by atoms with van der Waals surface area (Å²) in [4.78, 5) is 11.7. The third-order valence-corrected chi connectivity index (χ3v) is 2.67. The van der Waals surface area contributed by atoms with Crippen molar-refractivity contribution in [3.63, 3.8) is 0 Å². The summed E-state index contributed by atoms with van der Waals surface area (Å²) in [5.41, 5.74) is -0.692. The van der Waals surface area contributed by atoms with Gasteiger partial charge in [-0.25, -0.2) is 4.79 Å². The highest BCUT2D eigenvalue weighted by atomic mass is 16.5. The fraction of sp³-hybridized carbons (Fsp3) is 0.700. The van der Waals surface area contributed by atoms with Gasteiger partial charge in [-0.1, -0.05) is 6.08 Å². The van der Waals surface area contributed by atoms with Gasteiger partial charge in [0.05, 0.1) is 13.2 Å². The van der Waals surface area contributed by atoms with Crippen LogP contribution in [0.1, 0.15) is 13.3 Å². The molecule has 1 saturated heterocycles. The van der Waals surface area contributed by atoms with Crippen LogP contribution in [0.15, 0.2) is 12.7 Å². The molecule has 0 radical (unpaired) electrons. The van der Waals surface area contributed by atoms with Gasteiger partial charge in [0.15, 0.2) is 0 Å². The molecule has 1 fully saturated rings. The fourth-order valence-corrected chi connectivity index (χ4v) is 1.75. The topological polar surface area (TPSA) is 47.6 Å². The summed E-state index contributed by atoms with van der Waals surface area (Å²) in [6, 6.07) is 0. The molecule has 1 rings (SSSR count). The number of hydrogen-bond acceptors (Lipinski definition) is 4. The highest BCUT2D eigenvalue weighted by Gasteiger charge is 2.48. The zero-order valence-electron chi connectivity index (χ0n) is 8.71. The van der Waals surface area contributed by atoms with E-state index in [0.717, 1.165) is 0 Å². The van der Waals surface area contributed by atoms with Crippen LogP contribution in [-0.2, 0) is 14.3 Å². The Morgan fingerprint density at radius 1 is 1.86 bits per heavy atom. The average Bonchev–Trinajstić information content (AvgIpc) is 2.57. The lowest BCUT2D eigenvalue weighted by atomic mass is 9.92. The number of ether oxygens (including phenoxy) is 2. The summed E-state index contributed by atoms with van der Waals surface area (Å²) in [5.74, 6) is -0.260. The number of esters is 1. The van der Waals surface area contributed by atoms with E-state index in [1.54, 1.807) is 6.08 Å². The highest BCUT2D eigenvalue weighted by molar-refractivity contribution is 5.82. The Balaban J connectivity index is 2.77. The lowest BCUT2D eigenvalue weighted by Gasteiger charge is -2.29. The van der Waals surface area contributed by atoms with Crippen molar-refractivity contribution in [2.24, 2.45) is 0 Å². The van der Waals surface area contributed by atoms with Gasteiger partial charge in [0.1, 0.15) is 5.54 Å². The predicted octanol–water partition coefficient (Wildman–Crippen LogP) is 0.483. The van der Waals surface area contributed by atoms with Crippen LogP contribution < -0.4 is 5.32 Å². The fourth-order valence-electron chi connectivity index (χ4n) is 1.75. The molecule has 0 bridgehead atoms. The Bertz CT molecular complexity index is 229. The maximum absolute atomic E-state index is 11.7. The van der Waals surface area contributed by atoms with Gasteiger partial charge in [0.25, 0.3) is 0 Å². The molecule has 0 saturated carbocycles. The molecule has 1 N–H and O–H groups in total. The molecule has 14 heavy (non-hydrogen) atoms. The van der Waals surface area contributed by atoms with Crippen molar-refractivity contribution >= 4 is 5.97 Å². The van der Waals surface area contributed by atoms with E-state index in [2.05, 4.69) is 11.9 Å². The molecule has 80 valence electrons. The molecule has 1 heterocycles. The van der Waals surface area contributed by atoms with Crippen molar-refractivity contribution in [2.75, 3.05) is 20.3 Å². The quantitative estimate of drug-likeness (QED) is 0.528. The first-order chi connectivity index (χ1) is 6.67. The van der Waals surface area contributed by atoms with Crippen LogP contribution in [0.5, 0.6) is 0 Å². The lowest BCUT2D eigenvalue weighted by molar-refractivity contribution is -0.150. The summed E-state index contributed by atoms with van der Waals surface area (Å²) >= 11 is 0. The van der Waals surface area contributed by atoms with Gasteiger partial charge >= 0.3 is 5.97 Å². The van der Waals surface area contributed by atoms with E-state index in [1.165, 1.54) is 7.11 Å². The second-order valence-electron chi connectivity index (χ2n) is 3.40. The van der Waals surface area contributed by atoms with Crippen LogP contribution in [0.4, 0.5) is 0 Å². The normalized spacial score (nSPS) is 31.4. The summed E-state index contributed by atoms with van der Waals surface area (Å²) in [5, 5.41) is 3.13. The summed E-state index contributed by atoms with van der Waals surface area (Å²) in [7, 11) is 1.39. The number of hydrogen-bond donors (Lipinski definition) is 1. The Labute approximate surface area is 84.3 Å². The zero-order chi connectivity index (χ0) is 10.6. The van der Waals surface area contributed by atoms with E-state index in [0.29, 0.717) is 19.6 Å². The van der Waals surface area contributed by atoms with Crippen molar-refractivity contribution < 1.29 is 14.3 Å². The maximum atomic E-state index is 11.7. The van der Waals surface area contributed by atoms with Crippen LogP contribution in [0, 0.1) is 0 Å². The Kier molecular flexibility index (Phi) is 3.66. The first-order valence-electron chi connectivity index (χ1n) is 4.73. The van der Waals surface area contributed by atoms with Crippen molar-refractivity contribution in [1.82, 2.24) is 5.32 Å². The predicted molar refractivity (Wildman–Crippen MR) is 53.0 cm³/mol. The second-order valence-corrected chi connectivity index (χ2v) is 3.40. The van der Waals surface area contributed by atoms with Crippen LogP contribution in [0.3, 0.4) is 0 Å². The maximum Gasteiger partial charge on any atom is 0.328 e. The number of carbonyl (C=O) groups is 1. The largest absolute Gasteiger partial charge is 0.468 e. The van der Waals surface area contributed by atoms with Crippen molar-refractivity contribution in [1.29, 1.82) is 0 Å². The van der Waals surface area contributed by atoms with Crippen molar-refractivity contribution in [3.8, 4) is 0 Å². The first kappa shape index (κ1) is 11.2. The van der Waals surface area contributed by atoms with Crippen molar-refractivity contribution in [3.05, 3.63) is 12.7 Å². The SMILES string of the molecule is C=CCNC1(C(=O)OC)CCOC1C. The minimum Gasteiger partial charge on any atom is -0.468 e. The van der Waals surface area contributed by atoms with Crippen LogP contribution in [-0.4, -0.2) is 37.9 Å². The number of methoxy groups -OCH3 is 1. The number of rotatable bonds is 4. The molecule has 2 unspecified atom stereocenters. The number of carbonyl (C=O) groups excluding carboxylic acids is 1. The van der Waals surface area contributed by atoms with Gasteiger partial charge in [-0.15, -0.1) is 6.58 Å². The molecule has 0 spiro atoms. The molecule has 4 nitrogen and oxygen atoms in total. The van der Waals surface area contributed by atoms with Crippen LogP contribution in [0.2, 0.25) is 0 Å².